The lowest BCUT2D eigenvalue weighted by atomic mass is 10.5. The smallest absolute Gasteiger partial charge is 0.254 e. The van der Waals surface area contributed by atoms with Crippen LogP contribution in [-0.4, -0.2) is 16.9 Å². The average molecular weight is 157 g/mol. The lowest BCUT2D eigenvalue weighted by Gasteiger charge is -1.95. The number of hydrogen-bond donors (Lipinski definition) is 1. The summed E-state index contributed by atoms with van der Waals surface area (Å²) in [6.07, 6.45) is 0.932. The van der Waals surface area contributed by atoms with E-state index in [0.29, 0.717) is 18.2 Å². The average Bonchev–Trinajstić information content (AvgIpc) is 2.48. The fourth-order valence-electron chi connectivity index (χ4n) is 0.643. The van der Waals surface area contributed by atoms with Crippen molar-refractivity contribution < 1.29 is 14.4 Å². The highest BCUT2D eigenvalue weighted by atomic mass is 16.5. The molecule has 0 unspecified atom stereocenters. The van der Waals surface area contributed by atoms with Gasteiger partial charge in [-0.05, 0) is 11.6 Å². The van der Waals surface area contributed by atoms with Crippen molar-refractivity contribution in [2.45, 2.75) is 20.0 Å². The fourth-order valence-corrected chi connectivity index (χ4v) is 0.643. The van der Waals surface area contributed by atoms with Gasteiger partial charge < -0.3 is 14.4 Å². The Hall–Kier alpha value is -1.03. The van der Waals surface area contributed by atoms with Crippen molar-refractivity contribution >= 4 is 0 Å². The summed E-state index contributed by atoms with van der Waals surface area (Å²) in [6, 6.07) is 1.58. The number of aromatic nitrogens is 1. The van der Waals surface area contributed by atoms with Crippen LogP contribution in [-0.2, 0) is 6.61 Å². The predicted octanol–water partition coefficient (Wildman–Crippen LogP) is 0.956. The third-order valence-corrected chi connectivity index (χ3v) is 1.15. The van der Waals surface area contributed by atoms with Crippen LogP contribution in [0.5, 0.6) is 5.88 Å². The third-order valence-electron chi connectivity index (χ3n) is 1.15. The van der Waals surface area contributed by atoms with E-state index >= 15 is 0 Å². The molecule has 0 saturated carbocycles. The van der Waals surface area contributed by atoms with Gasteiger partial charge in [0.25, 0.3) is 5.88 Å². The summed E-state index contributed by atoms with van der Waals surface area (Å²) in [5.41, 5.74) is 0. The maximum Gasteiger partial charge on any atom is 0.254 e. The first-order chi connectivity index (χ1) is 5.36. The highest BCUT2D eigenvalue weighted by Crippen LogP contribution is 2.10. The molecule has 4 heteroatoms. The Bertz CT molecular complexity index is 209. The standard InChI is InChI=1S/C7H11NO3/c1-2-3-10-7-4-6(5-9)11-8-7/h4,9H,2-3,5H2,1H3. The number of rotatable bonds is 4. The number of aliphatic hydroxyl groups excluding tert-OH is 1. The lowest BCUT2D eigenvalue weighted by Crippen LogP contribution is -1.94. The Kier molecular flexibility index (Phi) is 2.92. The van der Waals surface area contributed by atoms with E-state index in [4.69, 9.17) is 9.84 Å². The molecule has 1 aromatic heterocycles. The molecule has 1 aromatic rings. The van der Waals surface area contributed by atoms with Gasteiger partial charge in [0.2, 0.25) is 0 Å². The molecule has 0 aromatic carbocycles. The van der Waals surface area contributed by atoms with Crippen LogP contribution in [0.25, 0.3) is 0 Å². The zero-order chi connectivity index (χ0) is 8.10. The second kappa shape index (κ2) is 3.98. The maximum absolute atomic E-state index is 8.59. The maximum atomic E-state index is 8.59. The van der Waals surface area contributed by atoms with E-state index in [1.54, 1.807) is 6.07 Å². The quantitative estimate of drug-likeness (QED) is 0.707. The molecular weight excluding hydrogens is 146 g/mol. The molecule has 0 spiro atoms. The molecule has 0 atom stereocenters. The molecule has 0 aliphatic carbocycles. The van der Waals surface area contributed by atoms with E-state index in [2.05, 4.69) is 9.68 Å². The molecular formula is C7H11NO3. The minimum Gasteiger partial charge on any atom is -0.476 e. The zero-order valence-electron chi connectivity index (χ0n) is 6.41. The largest absolute Gasteiger partial charge is 0.476 e. The first kappa shape index (κ1) is 8.07. The molecule has 11 heavy (non-hydrogen) atoms. The summed E-state index contributed by atoms with van der Waals surface area (Å²) in [5.74, 6) is 0.868. The van der Waals surface area contributed by atoms with Gasteiger partial charge in [0.15, 0.2) is 5.76 Å². The van der Waals surface area contributed by atoms with E-state index in [-0.39, 0.29) is 6.61 Å². The highest BCUT2D eigenvalue weighted by Gasteiger charge is 2.01. The Labute approximate surface area is 64.8 Å². The van der Waals surface area contributed by atoms with Crippen molar-refractivity contribution in [1.29, 1.82) is 0 Å². The number of hydrogen-bond acceptors (Lipinski definition) is 4. The molecule has 0 saturated heterocycles. The summed E-state index contributed by atoms with van der Waals surface area (Å²) in [5, 5.41) is 12.2. The second-order valence-corrected chi connectivity index (χ2v) is 2.14. The monoisotopic (exact) mass is 157 g/mol. The predicted molar refractivity (Wildman–Crippen MR) is 38.2 cm³/mol. The molecule has 0 aliphatic rings. The van der Waals surface area contributed by atoms with Gasteiger partial charge in [-0.2, -0.15) is 0 Å². The first-order valence-electron chi connectivity index (χ1n) is 3.56. The minimum atomic E-state index is -0.136. The number of ether oxygens (including phenoxy) is 1. The molecule has 1 N–H and O–H groups in total. The van der Waals surface area contributed by atoms with Gasteiger partial charge >= 0.3 is 0 Å². The van der Waals surface area contributed by atoms with Crippen LogP contribution in [0.15, 0.2) is 10.6 Å². The third kappa shape index (κ3) is 2.23. The molecule has 0 bridgehead atoms. The molecule has 1 heterocycles. The summed E-state index contributed by atoms with van der Waals surface area (Å²) < 4.78 is 9.81. The number of nitrogens with zero attached hydrogens (tertiary/aromatic N) is 1. The van der Waals surface area contributed by atoms with Crippen molar-refractivity contribution in [3.05, 3.63) is 11.8 Å². The summed E-state index contributed by atoms with van der Waals surface area (Å²) in [6.45, 7) is 2.49. The van der Waals surface area contributed by atoms with Gasteiger partial charge in [0, 0.05) is 6.07 Å². The van der Waals surface area contributed by atoms with E-state index < -0.39 is 0 Å². The van der Waals surface area contributed by atoms with E-state index in [0.717, 1.165) is 6.42 Å². The lowest BCUT2D eigenvalue weighted by molar-refractivity contribution is 0.222. The van der Waals surface area contributed by atoms with Crippen LogP contribution in [0, 0.1) is 0 Å². The molecule has 4 nitrogen and oxygen atoms in total. The first-order valence-corrected chi connectivity index (χ1v) is 3.56. The van der Waals surface area contributed by atoms with E-state index in [1.807, 2.05) is 6.92 Å². The fraction of sp³-hybridized carbons (Fsp3) is 0.571. The van der Waals surface area contributed by atoms with Gasteiger partial charge in [-0.3, -0.25) is 0 Å². The van der Waals surface area contributed by atoms with Crippen molar-refractivity contribution in [2.24, 2.45) is 0 Å². The van der Waals surface area contributed by atoms with Crippen LogP contribution < -0.4 is 4.74 Å². The van der Waals surface area contributed by atoms with Crippen molar-refractivity contribution in [1.82, 2.24) is 5.16 Å². The van der Waals surface area contributed by atoms with Gasteiger partial charge in [-0.25, -0.2) is 0 Å². The van der Waals surface area contributed by atoms with Gasteiger partial charge in [-0.15, -0.1) is 0 Å². The van der Waals surface area contributed by atoms with Gasteiger partial charge in [0.05, 0.1) is 6.61 Å². The summed E-state index contributed by atoms with van der Waals surface area (Å²) in [7, 11) is 0. The van der Waals surface area contributed by atoms with Crippen LogP contribution in [0.2, 0.25) is 0 Å². The van der Waals surface area contributed by atoms with E-state index in [1.165, 1.54) is 0 Å². The number of aliphatic hydroxyl groups is 1. The second-order valence-electron chi connectivity index (χ2n) is 2.14. The molecule has 0 amide bonds. The molecule has 0 fully saturated rings. The normalized spacial score (nSPS) is 10.0. The molecule has 0 aliphatic heterocycles. The highest BCUT2D eigenvalue weighted by molar-refractivity contribution is 5.09. The zero-order valence-corrected chi connectivity index (χ0v) is 6.41. The van der Waals surface area contributed by atoms with Gasteiger partial charge in [-0.1, -0.05) is 6.92 Å². The van der Waals surface area contributed by atoms with Gasteiger partial charge in [0.1, 0.15) is 6.61 Å². The van der Waals surface area contributed by atoms with E-state index in [9.17, 15) is 0 Å². The van der Waals surface area contributed by atoms with Crippen LogP contribution in [0.1, 0.15) is 19.1 Å². The Balaban J connectivity index is 2.44. The summed E-state index contributed by atoms with van der Waals surface area (Å²) >= 11 is 0. The Morgan fingerprint density at radius 2 is 2.55 bits per heavy atom. The Morgan fingerprint density at radius 1 is 1.73 bits per heavy atom. The molecule has 62 valence electrons. The summed E-state index contributed by atoms with van der Waals surface area (Å²) in [4.78, 5) is 0. The molecule has 0 radical (unpaired) electrons. The van der Waals surface area contributed by atoms with Crippen LogP contribution in [0.4, 0.5) is 0 Å². The SMILES string of the molecule is CCCOc1cc(CO)on1. The van der Waals surface area contributed by atoms with Crippen LogP contribution >= 0.6 is 0 Å². The van der Waals surface area contributed by atoms with Crippen molar-refractivity contribution in [3.63, 3.8) is 0 Å². The molecule has 1 rings (SSSR count). The van der Waals surface area contributed by atoms with Crippen molar-refractivity contribution in [2.75, 3.05) is 6.61 Å². The minimum absolute atomic E-state index is 0.136. The van der Waals surface area contributed by atoms with Crippen molar-refractivity contribution in [3.8, 4) is 5.88 Å². The van der Waals surface area contributed by atoms with Crippen LogP contribution in [0.3, 0.4) is 0 Å². The Morgan fingerprint density at radius 3 is 3.09 bits per heavy atom. The topological polar surface area (TPSA) is 55.5 Å².